The summed E-state index contributed by atoms with van der Waals surface area (Å²) >= 11 is 0.816. The van der Waals surface area contributed by atoms with Crippen molar-refractivity contribution in [3.8, 4) is 0 Å². The molecule has 0 aliphatic carbocycles. The highest BCUT2D eigenvalue weighted by atomic mass is 32.2. The third kappa shape index (κ3) is 1.50. The molecule has 6 nitrogen and oxygen atoms in total. The minimum Gasteiger partial charge on any atom is -0.468 e. The van der Waals surface area contributed by atoms with Crippen LogP contribution < -0.4 is 5.32 Å². The first-order chi connectivity index (χ1) is 5.69. The van der Waals surface area contributed by atoms with E-state index in [1.54, 1.807) is 0 Å². The van der Waals surface area contributed by atoms with Gasteiger partial charge in [0.1, 0.15) is 0 Å². The summed E-state index contributed by atoms with van der Waals surface area (Å²) in [6, 6.07) is 0. The minimum atomic E-state index is -0.958. The zero-order valence-corrected chi connectivity index (χ0v) is 6.92. The number of nitrogens with one attached hydrogen (secondary N) is 1. The lowest BCUT2D eigenvalue weighted by molar-refractivity contribution is -0.142. The number of amidine groups is 1. The zero-order valence-electron chi connectivity index (χ0n) is 6.10. The van der Waals surface area contributed by atoms with E-state index in [1.165, 1.54) is 7.11 Å². The number of methoxy groups -OCH3 is 1. The van der Waals surface area contributed by atoms with Gasteiger partial charge in [-0.1, -0.05) is 16.9 Å². The summed E-state index contributed by atoms with van der Waals surface area (Å²) in [6.07, 6.45) is 0. The average molecular weight is 190 g/mol. The summed E-state index contributed by atoms with van der Waals surface area (Å²) in [6.45, 7) is 0. The van der Waals surface area contributed by atoms with E-state index in [2.05, 4.69) is 15.2 Å². The molecule has 0 aromatic heterocycles. The van der Waals surface area contributed by atoms with Gasteiger partial charge >= 0.3 is 5.97 Å². The van der Waals surface area contributed by atoms with Gasteiger partial charge in [-0.2, -0.15) is 0 Å². The van der Waals surface area contributed by atoms with Crippen molar-refractivity contribution in [1.82, 2.24) is 5.32 Å². The van der Waals surface area contributed by atoms with E-state index in [9.17, 15) is 9.59 Å². The van der Waals surface area contributed by atoms with Crippen molar-refractivity contribution in [2.75, 3.05) is 7.11 Å². The normalized spacial score (nSPS) is 25.6. The van der Waals surface area contributed by atoms with Crippen LogP contribution in [0.15, 0.2) is 5.16 Å². The van der Waals surface area contributed by atoms with E-state index in [4.69, 9.17) is 5.21 Å². The molecule has 0 saturated carbocycles. The maximum absolute atomic E-state index is 10.9. The van der Waals surface area contributed by atoms with Gasteiger partial charge in [0.2, 0.25) is 5.17 Å². The monoisotopic (exact) mass is 190 g/mol. The van der Waals surface area contributed by atoms with Gasteiger partial charge in [-0.05, 0) is 0 Å². The van der Waals surface area contributed by atoms with Crippen LogP contribution >= 0.6 is 11.8 Å². The summed E-state index contributed by atoms with van der Waals surface area (Å²) in [5.41, 5.74) is 0. The maximum atomic E-state index is 10.9. The number of carbonyl (C=O) groups is 2. The Morgan fingerprint density at radius 1 is 1.83 bits per heavy atom. The summed E-state index contributed by atoms with van der Waals surface area (Å²) in [4.78, 5) is 21.8. The summed E-state index contributed by atoms with van der Waals surface area (Å²) in [7, 11) is 1.18. The van der Waals surface area contributed by atoms with Crippen LogP contribution in [0.3, 0.4) is 0 Å². The molecule has 0 radical (unpaired) electrons. The van der Waals surface area contributed by atoms with Gasteiger partial charge in [-0.3, -0.25) is 9.59 Å². The van der Waals surface area contributed by atoms with Crippen LogP contribution in [-0.2, 0) is 14.3 Å². The average Bonchev–Trinajstić information content (AvgIpc) is 2.45. The summed E-state index contributed by atoms with van der Waals surface area (Å²) in [5, 5.41) is 12.2. The highest BCUT2D eigenvalue weighted by molar-refractivity contribution is 8.16. The number of oxime groups is 1. The molecule has 1 rings (SSSR count). The van der Waals surface area contributed by atoms with Crippen molar-refractivity contribution in [2.45, 2.75) is 5.25 Å². The number of esters is 1. The highest BCUT2D eigenvalue weighted by Crippen LogP contribution is 2.19. The van der Waals surface area contributed by atoms with Gasteiger partial charge in [0.15, 0.2) is 5.25 Å². The standard InChI is InChI=1S/C5H6N2O4S/c1-11-4(9)2-3(8)6-5(7-10)12-2/h2,10H,1H3,(H,6,7,8)/t2-/m1/s1. The van der Waals surface area contributed by atoms with E-state index in [1.807, 2.05) is 0 Å². The van der Waals surface area contributed by atoms with Crippen LogP contribution in [-0.4, -0.2) is 34.6 Å². The first-order valence-corrected chi connectivity index (χ1v) is 3.84. The Balaban J connectivity index is 2.70. The topological polar surface area (TPSA) is 88.0 Å². The fourth-order valence-corrected chi connectivity index (χ4v) is 1.46. The Kier molecular flexibility index (Phi) is 2.54. The molecule has 66 valence electrons. The van der Waals surface area contributed by atoms with E-state index >= 15 is 0 Å². The molecular formula is C5H6N2O4S. The van der Waals surface area contributed by atoms with Crippen LogP contribution in [0.2, 0.25) is 0 Å². The van der Waals surface area contributed by atoms with E-state index in [0.29, 0.717) is 0 Å². The lowest BCUT2D eigenvalue weighted by atomic mass is 10.4. The molecule has 7 heteroatoms. The van der Waals surface area contributed by atoms with E-state index in [-0.39, 0.29) is 5.17 Å². The van der Waals surface area contributed by atoms with Crippen molar-refractivity contribution >= 4 is 28.8 Å². The second-order valence-corrected chi connectivity index (χ2v) is 3.01. The van der Waals surface area contributed by atoms with Crippen molar-refractivity contribution in [2.24, 2.45) is 5.16 Å². The second kappa shape index (κ2) is 3.44. The Labute approximate surface area is 71.9 Å². The third-order valence-corrected chi connectivity index (χ3v) is 2.25. The minimum absolute atomic E-state index is 0.00963. The van der Waals surface area contributed by atoms with Gasteiger partial charge < -0.3 is 15.3 Å². The maximum Gasteiger partial charge on any atom is 0.328 e. The molecule has 1 aliphatic heterocycles. The molecule has 2 N–H and O–H groups in total. The summed E-state index contributed by atoms with van der Waals surface area (Å²) < 4.78 is 4.34. The van der Waals surface area contributed by atoms with Crippen LogP contribution in [0.4, 0.5) is 0 Å². The van der Waals surface area contributed by atoms with Crippen molar-refractivity contribution in [1.29, 1.82) is 0 Å². The molecule has 0 spiro atoms. The van der Waals surface area contributed by atoms with Gasteiger partial charge in [0, 0.05) is 0 Å². The number of nitrogens with zero attached hydrogens (tertiary/aromatic N) is 1. The molecule has 1 aliphatic rings. The first kappa shape index (κ1) is 8.85. The third-order valence-electron chi connectivity index (χ3n) is 1.20. The molecular weight excluding hydrogens is 184 g/mol. The van der Waals surface area contributed by atoms with Crippen molar-refractivity contribution in [3.05, 3.63) is 0 Å². The molecule has 1 atom stereocenters. The van der Waals surface area contributed by atoms with Crippen LogP contribution in [0.5, 0.6) is 0 Å². The predicted octanol–water partition coefficient (Wildman–Crippen LogP) is -0.864. The lowest BCUT2D eigenvalue weighted by Gasteiger charge is -2.00. The quantitative estimate of drug-likeness (QED) is 0.243. The van der Waals surface area contributed by atoms with Gasteiger partial charge in [0.05, 0.1) is 7.11 Å². The molecule has 1 amide bonds. The number of carbonyl (C=O) groups excluding carboxylic acids is 2. The zero-order chi connectivity index (χ0) is 9.14. The van der Waals surface area contributed by atoms with Crippen LogP contribution in [0.25, 0.3) is 0 Å². The fraction of sp³-hybridized carbons (Fsp3) is 0.400. The number of rotatable bonds is 1. The second-order valence-electron chi connectivity index (χ2n) is 1.92. The van der Waals surface area contributed by atoms with Crippen molar-refractivity contribution in [3.63, 3.8) is 0 Å². The number of amides is 1. The van der Waals surface area contributed by atoms with Gasteiger partial charge in [0.25, 0.3) is 5.91 Å². The molecule has 1 heterocycles. The summed E-state index contributed by atoms with van der Waals surface area (Å²) in [5.74, 6) is -1.18. The molecule has 1 fully saturated rings. The molecule has 12 heavy (non-hydrogen) atoms. The van der Waals surface area contributed by atoms with Crippen LogP contribution in [0, 0.1) is 0 Å². The number of ether oxygens (including phenoxy) is 1. The molecule has 0 bridgehead atoms. The fourth-order valence-electron chi connectivity index (χ4n) is 0.676. The lowest BCUT2D eigenvalue weighted by Crippen LogP contribution is -2.30. The first-order valence-electron chi connectivity index (χ1n) is 2.96. The largest absolute Gasteiger partial charge is 0.468 e. The van der Waals surface area contributed by atoms with E-state index < -0.39 is 17.1 Å². The van der Waals surface area contributed by atoms with Gasteiger partial charge in [-0.15, -0.1) is 0 Å². The molecule has 0 aromatic carbocycles. The van der Waals surface area contributed by atoms with Crippen LogP contribution in [0.1, 0.15) is 0 Å². The molecule has 0 aromatic rings. The van der Waals surface area contributed by atoms with Crippen molar-refractivity contribution < 1.29 is 19.5 Å². The number of hydrogen-bond donors (Lipinski definition) is 2. The highest BCUT2D eigenvalue weighted by Gasteiger charge is 2.37. The molecule has 1 saturated heterocycles. The molecule has 0 unspecified atom stereocenters. The Hall–Kier alpha value is -1.24. The smallest absolute Gasteiger partial charge is 0.328 e. The Bertz CT molecular complexity index is 252. The Morgan fingerprint density at radius 3 is 2.92 bits per heavy atom. The SMILES string of the molecule is COC(=O)[C@@H]1SC(=NO)NC1=O. The number of hydrogen-bond acceptors (Lipinski definition) is 6. The Morgan fingerprint density at radius 2 is 2.50 bits per heavy atom. The van der Waals surface area contributed by atoms with E-state index in [0.717, 1.165) is 11.8 Å². The number of thioether (sulfide) groups is 1. The predicted molar refractivity (Wildman–Crippen MR) is 40.8 cm³/mol. The van der Waals surface area contributed by atoms with Gasteiger partial charge in [-0.25, -0.2) is 0 Å².